The van der Waals surface area contributed by atoms with E-state index < -0.39 is 0 Å². The monoisotopic (exact) mass is 208 g/mol. The molecule has 1 heterocycles. The molecule has 1 fully saturated rings. The van der Waals surface area contributed by atoms with Crippen LogP contribution in [0.15, 0.2) is 12.4 Å². The Morgan fingerprint density at radius 3 is 2.87 bits per heavy atom. The van der Waals surface area contributed by atoms with Crippen molar-refractivity contribution in [3.05, 3.63) is 18.2 Å². The molecule has 1 aromatic heterocycles. The standard InChI is InChI=1S/C12H20N2O/c1-9(10-3-4-10)11(15)5-6-12-13-7-8-14(12)2/h7-11,15H,3-6H2,1-2H3. The zero-order valence-corrected chi connectivity index (χ0v) is 9.56. The molecule has 84 valence electrons. The van der Waals surface area contributed by atoms with Crippen molar-refractivity contribution in [2.24, 2.45) is 18.9 Å². The molecule has 15 heavy (non-hydrogen) atoms. The van der Waals surface area contributed by atoms with Crippen molar-refractivity contribution in [1.29, 1.82) is 0 Å². The Kier molecular flexibility index (Phi) is 3.10. The highest BCUT2D eigenvalue weighted by molar-refractivity contribution is 4.92. The van der Waals surface area contributed by atoms with Crippen molar-refractivity contribution < 1.29 is 5.11 Å². The summed E-state index contributed by atoms with van der Waals surface area (Å²) < 4.78 is 2.02. The topological polar surface area (TPSA) is 38.1 Å². The van der Waals surface area contributed by atoms with Crippen LogP contribution in [-0.2, 0) is 13.5 Å². The molecule has 2 atom stereocenters. The van der Waals surface area contributed by atoms with Gasteiger partial charge in [-0.2, -0.15) is 0 Å². The molecule has 2 rings (SSSR count). The molecule has 1 aliphatic rings. The Morgan fingerprint density at radius 1 is 1.60 bits per heavy atom. The van der Waals surface area contributed by atoms with Crippen LogP contribution in [0.25, 0.3) is 0 Å². The van der Waals surface area contributed by atoms with Gasteiger partial charge in [0.15, 0.2) is 0 Å². The van der Waals surface area contributed by atoms with E-state index in [9.17, 15) is 5.11 Å². The second-order valence-corrected chi connectivity index (χ2v) is 4.76. The van der Waals surface area contributed by atoms with E-state index in [0.29, 0.717) is 5.92 Å². The number of hydrogen-bond donors (Lipinski definition) is 1. The van der Waals surface area contributed by atoms with E-state index in [1.165, 1.54) is 12.8 Å². The van der Waals surface area contributed by atoms with Crippen molar-refractivity contribution >= 4 is 0 Å². The average Bonchev–Trinajstić information content (AvgIpc) is 2.99. The van der Waals surface area contributed by atoms with Crippen LogP contribution in [0.4, 0.5) is 0 Å². The summed E-state index contributed by atoms with van der Waals surface area (Å²) in [7, 11) is 2.00. The molecule has 1 saturated carbocycles. The zero-order chi connectivity index (χ0) is 10.8. The molecule has 1 aromatic rings. The lowest BCUT2D eigenvalue weighted by atomic mass is 9.95. The third-order valence-electron chi connectivity index (χ3n) is 3.56. The highest BCUT2D eigenvalue weighted by Crippen LogP contribution is 2.38. The van der Waals surface area contributed by atoms with Gasteiger partial charge in [0.25, 0.3) is 0 Å². The van der Waals surface area contributed by atoms with Crippen molar-refractivity contribution in [3.63, 3.8) is 0 Å². The number of hydrogen-bond acceptors (Lipinski definition) is 2. The summed E-state index contributed by atoms with van der Waals surface area (Å²) in [5, 5.41) is 9.98. The lowest BCUT2D eigenvalue weighted by molar-refractivity contribution is 0.0961. The molecule has 3 nitrogen and oxygen atoms in total. The predicted molar refractivity (Wildman–Crippen MR) is 59.4 cm³/mol. The van der Waals surface area contributed by atoms with Gasteiger partial charge < -0.3 is 9.67 Å². The molecular weight excluding hydrogens is 188 g/mol. The Morgan fingerprint density at radius 2 is 2.33 bits per heavy atom. The third-order valence-corrected chi connectivity index (χ3v) is 3.56. The maximum Gasteiger partial charge on any atom is 0.108 e. The molecule has 0 amide bonds. The fourth-order valence-corrected chi connectivity index (χ4v) is 2.11. The van der Waals surface area contributed by atoms with Gasteiger partial charge in [0.1, 0.15) is 5.82 Å². The zero-order valence-electron chi connectivity index (χ0n) is 9.56. The van der Waals surface area contributed by atoms with Gasteiger partial charge in [0.2, 0.25) is 0 Å². The van der Waals surface area contributed by atoms with Gasteiger partial charge in [0.05, 0.1) is 6.10 Å². The van der Waals surface area contributed by atoms with Crippen LogP contribution >= 0.6 is 0 Å². The van der Waals surface area contributed by atoms with Crippen LogP contribution in [0.3, 0.4) is 0 Å². The van der Waals surface area contributed by atoms with Crippen molar-refractivity contribution in [2.45, 2.75) is 38.7 Å². The molecule has 0 radical (unpaired) electrons. The highest BCUT2D eigenvalue weighted by Gasteiger charge is 2.32. The smallest absolute Gasteiger partial charge is 0.108 e. The van der Waals surface area contributed by atoms with Crippen LogP contribution in [0.2, 0.25) is 0 Å². The highest BCUT2D eigenvalue weighted by atomic mass is 16.3. The van der Waals surface area contributed by atoms with E-state index in [1.807, 2.05) is 24.0 Å². The summed E-state index contributed by atoms with van der Waals surface area (Å²) in [4.78, 5) is 4.26. The average molecular weight is 208 g/mol. The van der Waals surface area contributed by atoms with E-state index in [0.717, 1.165) is 24.6 Å². The first-order valence-electron chi connectivity index (χ1n) is 5.82. The number of imidazole rings is 1. The number of nitrogens with zero attached hydrogens (tertiary/aromatic N) is 2. The van der Waals surface area contributed by atoms with Crippen molar-refractivity contribution in [2.75, 3.05) is 0 Å². The number of rotatable bonds is 5. The second kappa shape index (κ2) is 4.35. The van der Waals surface area contributed by atoms with E-state index in [2.05, 4.69) is 11.9 Å². The van der Waals surface area contributed by atoms with Gasteiger partial charge in [-0.15, -0.1) is 0 Å². The maximum atomic E-state index is 9.98. The van der Waals surface area contributed by atoms with Crippen LogP contribution in [0.1, 0.15) is 32.0 Å². The minimum atomic E-state index is -0.158. The van der Waals surface area contributed by atoms with Crippen molar-refractivity contribution in [1.82, 2.24) is 9.55 Å². The fourth-order valence-electron chi connectivity index (χ4n) is 2.11. The Hall–Kier alpha value is -0.830. The van der Waals surface area contributed by atoms with Gasteiger partial charge in [0, 0.05) is 25.9 Å². The Balaban J connectivity index is 1.79. The van der Waals surface area contributed by atoms with Gasteiger partial charge >= 0.3 is 0 Å². The minimum absolute atomic E-state index is 0.158. The summed E-state index contributed by atoms with van der Waals surface area (Å²) in [6, 6.07) is 0. The van der Waals surface area contributed by atoms with Crippen LogP contribution < -0.4 is 0 Å². The number of aliphatic hydroxyl groups excluding tert-OH is 1. The molecule has 0 bridgehead atoms. The molecule has 0 aliphatic heterocycles. The van der Waals surface area contributed by atoms with E-state index in [1.54, 1.807) is 0 Å². The van der Waals surface area contributed by atoms with E-state index >= 15 is 0 Å². The summed E-state index contributed by atoms with van der Waals surface area (Å²) in [5.74, 6) is 2.31. The molecule has 0 spiro atoms. The van der Waals surface area contributed by atoms with Gasteiger partial charge in [-0.1, -0.05) is 6.92 Å². The van der Waals surface area contributed by atoms with E-state index in [4.69, 9.17) is 0 Å². The number of aliphatic hydroxyl groups is 1. The lowest BCUT2D eigenvalue weighted by Crippen LogP contribution is -2.20. The molecule has 2 unspecified atom stereocenters. The lowest BCUT2D eigenvalue weighted by Gasteiger charge is -2.17. The van der Waals surface area contributed by atoms with Gasteiger partial charge in [-0.25, -0.2) is 4.98 Å². The molecule has 1 N–H and O–H groups in total. The maximum absolute atomic E-state index is 9.98. The second-order valence-electron chi connectivity index (χ2n) is 4.76. The molecule has 0 saturated heterocycles. The largest absolute Gasteiger partial charge is 0.393 e. The first-order valence-corrected chi connectivity index (χ1v) is 5.82. The van der Waals surface area contributed by atoms with Gasteiger partial charge in [-0.05, 0) is 31.1 Å². The minimum Gasteiger partial charge on any atom is -0.393 e. The Bertz CT molecular complexity index is 317. The summed E-state index contributed by atoms with van der Waals surface area (Å²) in [5.41, 5.74) is 0. The first-order chi connectivity index (χ1) is 7.18. The molecule has 0 aromatic carbocycles. The van der Waals surface area contributed by atoms with Crippen LogP contribution in [0, 0.1) is 11.8 Å². The quantitative estimate of drug-likeness (QED) is 0.800. The van der Waals surface area contributed by atoms with Gasteiger partial charge in [-0.3, -0.25) is 0 Å². The molecule has 3 heteroatoms. The van der Waals surface area contributed by atoms with Crippen molar-refractivity contribution in [3.8, 4) is 0 Å². The molecule has 1 aliphatic carbocycles. The Labute approximate surface area is 91.1 Å². The fraction of sp³-hybridized carbons (Fsp3) is 0.750. The normalized spacial score (nSPS) is 20.2. The third kappa shape index (κ3) is 2.59. The number of aromatic nitrogens is 2. The first kappa shape index (κ1) is 10.7. The van der Waals surface area contributed by atoms with Crippen LogP contribution in [0.5, 0.6) is 0 Å². The van der Waals surface area contributed by atoms with Crippen LogP contribution in [-0.4, -0.2) is 20.8 Å². The predicted octanol–water partition coefficient (Wildman–Crippen LogP) is 1.76. The molecular formula is C12H20N2O. The summed E-state index contributed by atoms with van der Waals surface area (Å²) in [6.45, 7) is 2.17. The van der Waals surface area contributed by atoms with E-state index in [-0.39, 0.29) is 6.10 Å². The summed E-state index contributed by atoms with van der Waals surface area (Å²) in [6.07, 6.45) is 7.93. The SMILES string of the molecule is CC(C(O)CCc1nccn1C)C1CC1. The number of aryl methyl sites for hydroxylation is 2. The summed E-state index contributed by atoms with van der Waals surface area (Å²) >= 11 is 0.